The van der Waals surface area contributed by atoms with Gasteiger partial charge in [-0.05, 0) is 50.0 Å². The summed E-state index contributed by atoms with van der Waals surface area (Å²) in [6.07, 6.45) is 2.05. The quantitative estimate of drug-likeness (QED) is 0.847. The Morgan fingerprint density at radius 3 is 2.86 bits per heavy atom. The van der Waals surface area contributed by atoms with Crippen LogP contribution in [-0.4, -0.2) is 40.0 Å². The minimum absolute atomic E-state index is 0.180. The molecule has 3 N–H and O–H groups in total. The zero-order valence-electron chi connectivity index (χ0n) is 12.2. The van der Waals surface area contributed by atoms with Gasteiger partial charge in [0.1, 0.15) is 10.7 Å². The highest BCUT2D eigenvalue weighted by Gasteiger charge is 2.23. The number of nitrogens with one attached hydrogen (secondary N) is 1. The highest BCUT2D eigenvalue weighted by molar-refractivity contribution is 7.89. The molecule has 21 heavy (non-hydrogen) atoms. The number of rotatable bonds is 5. The topological polar surface area (TPSA) is 75.4 Å². The third kappa shape index (κ3) is 4.23. The predicted molar refractivity (Wildman–Crippen MR) is 79.7 cm³/mol. The second kappa shape index (κ2) is 6.83. The van der Waals surface area contributed by atoms with Crippen LogP contribution >= 0.6 is 0 Å². The van der Waals surface area contributed by atoms with Gasteiger partial charge < -0.3 is 10.6 Å². The van der Waals surface area contributed by atoms with Gasteiger partial charge in [-0.3, -0.25) is 0 Å². The fourth-order valence-corrected chi connectivity index (χ4v) is 3.81. The highest BCUT2D eigenvalue weighted by atomic mass is 32.2. The Morgan fingerprint density at radius 2 is 2.24 bits per heavy atom. The Balaban J connectivity index is 2.04. The standard InChI is InChI=1S/C14H22FN3O2S/c1-18-6-2-3-12(10-18)9-17-21(19,20)14-5-4-11(8-16)7-13(14)15/h4-5,7,12,17H,2-3,6,8-10,16H2,1H3. The lowest BCUT2D eigenvalue weighted by Gasteiger charge is -2.29. The molecular weight excluding hydrogens is 293 g/mol. The molecule has 0 spiro atoms. The summed E-state index contributed by atoms with van der Waals surface area (Å²) in [5, 5.41) is 0. The number of halogens is 1. The van der Waals surface area contributed by atoms with Crippen LogP contribution in [0.1, 0.15) is 18.4 Å². The van der Waals surface area contributed by atoms with E-state index in [1.54, 1.807) is 0 Å². The molecular formula is C14H22FN3O2S. The molecule has 1 unspecified atom stereocenters. The molecule has 0 bridgehead atoms. The molecule has 0 aromatic heterocycles. The number of likely N-dealkylation sites (tertiary alicyclic amines) is 1. The van der Waals surface area contributed by atoms with Crippen molar-refractivity contribution in [3.8, 4) is 0 Å². The summed E-state index contributed by atoms with van der Waals surface area (Å²) >= 11 is 0. The monoisotopic (exact) mass is 315 g/mol. The number of hydrogen-bond donors (Lipinski definition) is 2. The van der Waals surface area contributed by atoms with Crippen LogP contribution in [0.25, 0.3) is 0 Å². The Hall–Kier alpha value is -1.02. The van der Waals surface area contributed by atoms with E-state index in [0.717, 1.165) is 25.9 Å². The van der Waals surface area contributed by atoms with Crippen molar-refractivity contribution in [3.63, 3.8) is 0 Å². The average Bonchev–Trinajstić information content (AvgIpc) is 2.45. The van der Waals surface area contributed by atoms with Crippen LogP contribution in [0.5, 0.6) is 0 Å². The van der Waals surface area contributed by atoms with Crippen LogP contribution in [-0.2, 0) is 16.6 Å². The van der Waals surface area contributed by atoms with Gasteiger partial charge in [0.25, 0.3) is 0 Å². The number of hydrogen-bond acceptors (Lipinski definition) is 4. The molecule has 7 heteroatoms. The van der Waals surface area contributed by atoms with E-state index in [0.29, 0.717) is 12.1 Å². The second-order valence-corrected chi connectivity index (χ2v) is 7.33. The summed E-state index contributed by atoms with van der Waals surface area (Å²) < 4.78 is 40.8. The SMILES string of the molecule is CN1CCCC(CNS(=O)(=O)c2ccc(CN)cc2F)C1. The molecule has 1 fully saturated rings. The number of sulfonamides is 1. The second-order valence-electron chi connectivity index (χ2n) is 5.59. The summed E-state index contributed by atoms with van der Waals surface area (Å²) in [6, 6.07) is 3.97. The number of benzene rings is 1. The summed E-state index contributed by atoms with van der Waals surface area (Å²) in [5.74, 6) is -0.490. The van der Waals surface area contributed by atoms with Crippen LogP contribution in [0.4, 0.5) is 4.39 Å². The molecule has 1 heterocycles. The van der Waals surface area contributed by atoms with E-state index in [1.807, 2.05) is 7.05 Å². The van der Waals surface area contributed by atoms with E-state index in [-0.39, 0.29) is 17.4 Å². The van der Waals surface area contributed by atoms with Gasteiger partial charge in [0, 0.05) is 19.6 Å². The molecule has 1 aliphatic rings. The lowest BCUT2D eigenvalue weighted by molar-refractivity contribution is 0.211. The van der Waals surface area contributed by atoms with Gasteiger partial charge in [-0.25, -0.2) is 17.5 Å². The van der Waals surface area contributed by atoms with Gasteiger partial charge in [0.2, 0.25) is 10.0 Å². The van der Waals surface area contributed by atoms with Crippen LogP contribution in [0.3, 0.4) is 0 Å². The molecule has 1 saturated heterocycles. The third-order valence-corrected chi connectivity index (χ3v) is 5.26. The molecule has 1 aromatic rings. The molecule has 0 saturated carbocycles. The van der Waals surface area contributed by atoms with Gasteiger partial charge in [0.05, 0.1) is 0 Å². The van der Waals surface area contributed by atoms with Crippen molar-refractivity contribution < 1.29 is 12.8 Å². The predicted octanol–water partition coefficient (Wildman–Crippen LogP) is 0.904. The number of piperidine rings is 1. The Kier molecular flexibility index (Phi) is 5.32. The third-order valence-electron chi connectivity index (χ3n) is 3.81. The van der Waals surface area contributed by atoms with Crippen LogP contribution in [0.15, 0.2) is 23.1 Å². The van der Waals surface area contributed by atoms with Crippen molar-refractivity contribution in [2.24, 2.45) is 11.7 Å². The maximum absolute atomic E-state index is 13.9. The summed E-state index contributed by atoms with van der Waals surface area (Å²) in [6.45, 7) is 2.42. The van der Waals surface area contributed by atoms with Gasteiger partial charge in [0.15, 0.2) is 0 Å². The van der Waals surface area contributed by atoms with E-state index in [4.69, 9.17) is 5.73 Å². The molecule has 5 nitrogen and oxygen atoms in total. The number of nitrogens with two attached hydrogens (primary N) is 1. The fraction of sp³-hybridized carbons (Fsp3) is 0.571. The van der Waals surface area contributed by atoms with E-state index in [1.165, 1.54) is 18.2 Å². The minimum Gasteiger partial charge on any atom is -0.326 e. The van der Waals surface area contributed by atoms with E-state index >= 15 is 0 Å². The average molecular weight is 315 g/mol. The maximum Gasteiger partial charge on any atom is 0.243 e. The molecule has 1 aromatic carbocycles. The van der Waals surface area contributed by atoms with Crippen molar-refractivity contribution in [2.75, 3.05) is 26.7 Å². The molecule has 118 valence electrons. The summed E-state index contributed by atoms with van der Waals surface area (Å²) in [7, 11) is -1.80. The van der Waals surface area contributed by atoms with Gasteiger partial charge in [-0.1, -0.05) is 6.07 Å². The first-order chi connectivity index (χ1) is 9.92. The smallest absolute Gasteiger partial charge is 0.243 e. The zero-order chi connectivity index (χ0) is 15.5. The fourth-order valence-electron chi connectivity index (χ4n) is 2.63. The van der Waals surface area contributed by atoms with Gasteiger partial charge >= 0.3 is 0 Å². The zero-order valence-corrected chi connectivity index (χ0v) is 13.0. The Bertz CT molecular complexity index is 592. The highest BCUT2D eigenvalue weighted by Crippen LogP contribution is 2.18. The minimum atomic E-state index is -3.82. The van der Waals surface area contributed by atoms with E-state index < -0.39 is 15.8 Å². The van der Waals surface area contributed by atoms with Gasteiger partial charge in [-0.2, -0.15) is 0 Å². The lowest BCUT2D eigenvalue weighted by Crippen LogP contribution is -2.39. The van der Waals surface area contributed by atoms with Crippen LogP contribution < -0.4 is 10.5 Å². The lowest BCUT2D eigenvalue weighted by atomic mass is 9.99. The maximum atomic E-state index is 13.9. The first kappa shape index (κ1) is 16.4. The van der Waals surface area contributed by atoms with Crippen molar-refractivity contribution in [2.45, 2.75) is 24.3 Å². The van der Waals surface area contributed by atoms with Crippen molar-refractivity contribution in [1.82, 2.24) is 9.62 Å². The van der Waals surface area contributed by atoms with Crippen LogP contribution in [0, 0.1) is 11.7 Å². The molecule has 0 amide bonds. The van der Waals surface area contributed by atoms with Gasteiger partial charge in [-0.15, -0.1) is 0 Å². The Morgan fingerprint density at radius 1 is 1.48 bits per heavy atom. The first-order valence-corrected chi connectivity index (χ1v) is 8.57. The summed E-state index contributed by atoms with van der Waals surface area (Å²) in [4.78, 5) is 1.86. The molecule has 1 atom stereocenters. The van der Waals surface area contributed by atoms with E-state index in [2.05, 4.69) is 9.62 Å². The normalized spacial score (nSPS) is 20.6. The van der Waals surface area contributed by atoms with Crippen molar-refractivity contribution in [3.05, 3.63) is 29.6 Å². The molecule has 2 rings (SSSR count). The van der Waals surface area contributed by atoms with E-state index in [9.17, 15) is 12.8 Å². The van der Waals surface area contributed by atoms with Crippen molar-refractivity contribution >= 4 is 10.0 Å². The molecule has 0 aliphatic carbocycles. The van der Waals surface area contributed by atoms with Crippen LogP contribution in [0.2, 0.25) is 0 Å². The largest absolute Gasteiger partial charge is 0.326 e. The molecule has 0 radical (unpaired) electrons. The Labute approximate surface area is 125 Å². The number of nitrogens with zero attached hydrogens (tertiary/aromatic N) is 1. The summed E-state index contributed by atoms with van der Waals surface area (Å²) in [5.41, 5.74) is 5.98. The molecule has 1 aliphatic heterocycles. The first-order valence-electron chi connectivity index (χ1n) is 7.09. The van der Waals surface area contributed by atoms with Crippen molar-refractivity contribution in [1.29, 1.82) is 0 Å².